The predicted octanol–water partition coefficient (Wildman–Crippen LogP) is 3.65. The summed E-state index contributed by atoms with van der Waals surface area (Å²) in [5.41, 5.74) is 2.06. The summed E-state index contributed by atoms with van der Waals surface area (Å²) in [6.07, 6.45) is 2.88. The van der Waals surface area contributed by atoms with E-state index in [1.807, 2.05) is 24.3 Å². The van der Waals surface area contributed by atoms with Gasteiger partial charge in [0.2, 0.25) is 5.91 Å². The van der Waals surface area contributed by atoms with Gasteiger partial charge in [-0.2, -0.15) is 0 Å². The fourth-order valence-electron chi connectivity index (χ4n) is 3.02. The third-order valence-corrected chi connectivity index (χ3v) is 4.92. The molecule has 0 saturated carbocycles. The lowest BCUT2D eigenvalue weighted by Crippen LogP contribution is -2.44. The van der Waals surface area contributed by atoms with E-state index in [9.17, 15) is 14.9 Å². The summed E-state index contributed by atoms with van der Waals surface area (Å²) in [6.45, 7) is 3.73. The van der Waals surface area contributed by atoms with Gasteiger partial charge in [-0.05, 0) is 36.9 Å². The minimum Gasteiger partial charge on any atom is -0.367 e. The van der Waals surface area contributed by atoms with Gasteiger partial charge in [-0.3, -0.25) is 14.9 Å². The van der Waals surface area contributed by atoms with Crippen LogP contribution in [-0.2, 0) is 4.79 Å². The van der Waals surface area contributed by atoms with Crippen molar-refractivity contribution in [3.63, 3.8) is 0 Å². The maximum atomic E-state index is 12.4. The summed E-state index contributed by atoms with van der Waals surface area (Å²) in [6, 6.07) is 12.1. The molecule has 0 radical (unpaired) electrons. The number of anilines is 2. The molecule has 0 aromatic heterocycles. The lowest BCUT2D eigenvalue weighted by Gasteiger charge is -2.35. The number of benzene rings is 2. The monoisotopic (exact) mass is 400 g/mol. The molecule has 1 aliphatic heterocycles. The average molecular weight is 401 g/mol. The number of carbonyl (C=O) groups excluding carboxylic acids is 1. The summed E-state index contributed by atoms with van der Waals surface area (Å²) < 4.78 is 0. The van der Waals surface area contributed by atoms with Gasteiger partial charge >= 0.3 is 0 Å². The summed E-state index contributed by atoms with van der Waals surface area (Å²) in [7, 11) is 2.09. The van der Waals surface area contributed by atoms with E-state index in [1.54, 1.807) is 6.07 Å². The number of nitro groups is 1. The molecule has 28 heavy (non-hydrogen) atoms. The minimum atomic E-state index is -0.550. The Balaban J connectivity index is 1.71. The number of nitrogens with zero attached hydrogens (tertiary/aromatic N) is 3. The van der Waals surface area contributed by atoms with Gasteiger partial charge < -0.3 is 15.1 Å². The fourth-order valence-corrected chi connectivity index (χ4v) is 3.21. The van der Waals surface area contributed by atoms with Crippen LogP contribution in [0.3, 0.4) is 0 Å². The number of amides is 1. The molecule has 146 valence electrons. The van der Waals surface area contributed by atoms with Crippen LogP contribution in [-0.4, -0.2) is 49.0 Å². The second-order valence-electron chi connectivity index (χ2n) is 6.60. The number of hydrogen-bond donors (Lipinski definition) is 1. The molecule has 0 unspecified atom stereocenters. The normalized spacial score (nSPS) is 15.0. The Kier molecular flexibility index (Phi) is 6.28. The highest BCUT2D eigenvalue weighted by Gasteiger charge is 2.17. The minimum absolute atomic E-state index is 0.0627. The molecule has 0 aliphatic carbocycles. The fraction of sp³-hybridized carbons (Fsp3) is 0.250. The predicted molar refractivity (Wildman–Crippen MR) is 112 cm³/mol. The first-order valence-corrected chi connectivity index (χ1v) is 9.27. The largest absolute Gasteiger partial charge is 0.367 e. The smallest absolute Gasteiger partial charge is 0.288 e. The molecule has 2 aromatic carbocycles. The van der Waals surface area contributed by atoms with Crippen molar-refractivity contribution in [1.82, 2.24) is 4.90 Å². The molecule has 1 heterocycles. The van der Waals surface area contributed by atoms with Crippen molar-refractivity contribution in [3.05, 3.63) is 69.2 Å². The molecule has 8 heteroatoms. The maximum Gasteiger partial charge on any atom is 0.288 e. The number of rotatable bonds is 5. The van der Waals surface area contributed by atoms with Gasteiger partial charge in [-0.15, -0.1) is 0 Å². The van der Waals surface area contributed by atoms with Crippen LogP contribution in [0.4, 0.5) is 17.1 Å². The highest BCUT2D eigenvalue weighted by Crippen LogP contribution is 2.27. The van der Waals surface area contributed by atoms with Crippen molar-refractivity contribution >= 4 is 40.6 Å². The molecule has 0 spiro atoms. The summed E-state index contributed by atoms with van der Waals surface area (Å²) in [5.74, 6) is -0.306. The molecular weight excluding hydrogens is 380 g/mol. The number of hydrogen-bond acceptors (Lipinski definition) is 5. The van der Waals surface area contributed by atoms with Gasteiger partial charge in [0, 0.05) is 38.3 Å². The number of nitro benzene ring substituents is 1. The van der Waals surface area contributed by atoms with E-state index in [-0.39, 0.29) is 16.6 Å². The third-order valence-electron chi connectivity index (χ3n) is 4.60. The molecule has 0 atom stereocenters. The number of piperazine rings is 1. The van der Waals surface area contributed by atoms with Crippen molar-refractivity contribution < 1.29 is 9.72 Å². The highest BCUT2D eigenvalue weighted by atomic mass is 35.5. The average Bonchev–Trinajstić information content (AvgIpc) is 2.68. The first-order valence-electron chi connectivity index (χ1n) is 8.89. The molecule has 1 N–H and O–H groups in total. The maximum absolute atomic E-state index is 12.4. The zero-order valence-corrected chi connectivity index (χ0v) is 16.2. The third kappa shape index (κ3) is 4.88. The van der Waals surface area contributed by atoms with Crippen LogP contribution in [0.1, 0.15) is 5.56 Å². The first kappa shape index (κ1) is 19.9. The summed E-state index contributed by atoms with van der Waals surface area (Å²) in [5, 5.41) is 13.9. The van der Waals surface area contributed by atoms with E-state index < -0.39 is 4.92 Å². The number of carbonyl (C=O) groups is 1. The van der Waals surface area contributed by atoms with E-state index in [4.69, 9.17) is 11.6 Å². The Morgan fingerprint density at radius 1 is 1.18 bits per heavy atom. The zero-order chi connectivity index (χ0) is 20.1. The van der Waals surface area contributed by atoms with Crippen LogP contribution in [0, 0.1) is 10.1 Å². The van der Waals surface area contributed by atoms with E-state index in [1.165, 1.54) is 24.3 Å². The number of halogens is 1. The van der Waals surface area contributed by atoms with Gasteiger partial charge in [0.05, 0.1) is 16.3 Å². The zero-order valence-electron chi connectivity index (χ0n) is 15.5. The van der Waals surface area contributed by atoms with Gasteiger partial charge in [-0.25, -0.2) is 0 Å². The van der Waals surface area contributed by atoms with Crippen LogP contribution in [0.15, 0.2) is 48.5 Å². The topological polar surface area (TPSA) is 78.7 Å². The molecular formula is C20H21ClN4O3. The van der Waals surface area contributed by atoms with Crippen LogP contribution in [0.25, 0.3) is 6.08 Å². The Morgan fingerprint density at radius 2 is 1.89 bits per heavy atom. The van der Waals surface area contributed by atoms with Crippen molar-refractivity contribution in [2.45, 2.75) is 0 Å². The molecule has 2 aromatic rings. The van der Waals surface area contributed by atoms with E-state index in [0.29, 0.717) is 5.56 Å². The highest BCUT2D eigenvalue weighted by molar-refractivity contribution is 6.32. The molecule has 0 bridgehead atoms. The number of likely N-dealkylation sites (N-methyl/N-ethyl adjacent to an activating group) is 1. The van der Waals surface area contributed by atoms with E-state index in [0.717, 1.165) is 37.6 Å². The SMILES string of the molecule is CN1CCN(c2ccccc2NC(=O)C=Cc2ccc(Cl)c([N+](=O)[O-])c2)CC1. The Hall–Kier alpha value is -2.90. The molecule has 3 rings (SSSR count). The van der Waals surface area contributed by atoms with Gasteiger partial charge in [0.15, 0.2) is 0 Å². The first-order chi connectivity index (χ1) is 13.4. The molecule has 1 amide bonds. The van der Waals surface area contributed by atoms with Crippen molar-refractivity contribution in [1.29, 1.82) is 0 Å². The Bertz CT molecular complexity index is 908. The number of para-hydroxylation sites is 2. The quantitative estimate of drug-likeness (QED) is 0.471. The van der Waals surface area contributed by atoms with Crippen molar-refractivity contribution in [3.8, 4) is 0 Å². The Morgan fingerprint density at radius 3 is 2.61 bits per heavy atom. The second-order valence-corrected chi connectivity index (χ2v) is 7.01. The molecule has 7 nitrogen and oxygen atoms in total. The van der Waals surface area contributed by atoms with E-state index >= 15 is 0 Å². The standard InChI is InChI=1S/C20H21ClN4O3/c1-23-10-12-24(13-11-23)18-5-3-2-4-17(18)22-20(26)9-7-15-6-8-16(21)19(14-15)25(27)28/h2-9,14H,10-13H2,1H3,(H,22,26). The van der Waals surface area contributed by atoms with Gasteiger partial charge in [0.25, 0.3) is 5.69 Å². The molecule has 1 fully saturated rings. The van der Waals surface area contributed by atoms with Crippen molar-refractivity contribution in [2.24, 2.45) is 0 Å². The van der Waals surface area contributed by atoms with Crippen LogP contribution in [0.2, 0.25) is 5.02 Å². The van der Waals surface area contributed by atoms with Gasteiger partial charge in [-0.1, -0.05) is 29.8 Å². The lowest BCUT2D eigenvalue weighted by molar-refractivity contribution is -0.384. The van der Waals surface area contributed by atoms with Crippen LogP contribution < -0.4 is 10.2 Å². The second kappa shape index (κ2) is 8.86. The molecule has 1 aliphatic rings. The van der Waals surface area contributed by atoms with Crippen LogP contribution >= 0.6 is 11.6 Å². The van der Waals surface area contributed by atoms with Gasteiger partial charge in [0.1, 0.15) is 5.02 Å². The lowest BCUT2D eigenvalue weighted by atomic mass is 10.2. The van der Waals surface area contributed by atoms with E-state index in [2.05, 4.69) is 22.2 Å². The van der Waals surface area contributed by atoms with Crippen molar-refractivity contribution in [2.75, 3.05) is 43.4 Å². The number of nitrogens with one attached hydrogen (secondary N) is 1. The molecule has 1 saturated heterocycles. The Labute approximate surface area is 168 Å². The summed E-state index contributed by atoms with van der Waals surface area (Å²) >= 11 is 5.81. The summed E-state index contributed by atoms with van der Waals surface area (Å²) in [4.78, 5) is 27.3. The van der Waals surface area contributed by atoms with Crippen LogP contribution in [0.5, 0.6) is 0 Å².